The molecule has 3 heterocycles. The van der Waals surface area contributed by atoms with E-state index in [1.807, 2.05) is 6.08 Å². The standard InChI is InChI=1S/C29H26ClF3N6O3S/c1-37-11-9-27(36-37)43(41,42)38(17-26(32)33)23-5-2-19-12-25-18(16-35-39(25)22-6-3-21(31)4-7-22)14-29(19,15-23)28(40)24-13-20(30)8-10-34-24/h3-4,6-13,16,23,26H,2,5,14-15,17H2,1H3/t23-,29-/m0/s1. The van der Waals surface area contributed by atoms with Crippen molar-refractivity contribution in [3.05, 3.63) is 94.4 Å². The predicted molar refractivity (Wildman–Crippen MR) is 152 cm³/mol. The molecule has 2 aliphatic rings. The Kier molecular flexibility index (Phi) is 7.51. The molecule has 3 aromatic heterocycles. The van der Waals surface area contributed by atoms with Crippen LogP contribution in [0.5, 0.6) is 0 Å². The van der Waals surface area contributed by atoms with Crippen LogP contribution in [-0.2, 0) is 23.5 Å². The van der Waals surface area contributed by atoms with Crippen LogP contribution in [0, 0.1) is 11.2 Å². The van der Waals surface area contributed by atoms with E-state index in [1.165, 1.54) is 54.5 Å². The van der Waals surface area contributed by atoms with Crippen LogP contribution in [0.1, 0.15) is 41.0 Å². The highest BCUT2D eigenvalue weighted by atomic mass is 35.5. The third-order valence-electron chi connectivity index (χ3n) is 8.08. The molecule has 14 heteroatoms. The molecule has 0 aliphatic heterocycles. The smallest absolute Gasteiger partial charge is 0.262 e. The molecule has 6 rings (SSSR count). The first-order valence-corrected chi connectivity index (χ1v) is 15.3. The Bertz CT molecular complexity index is 1840. The number of carbonyl (C=O) groups excluding carboxylic acids is 1. The Morgan fingerprint density at radius 2 is 1.98 bits per heavy atom. The SMILES string of the molecule is Cn1ccc(S(=O)(=O)N(CC(F)F)[C@H]2CCC3=Cc4c(cnn4-c4ccc(F)cc4)C[C@]3(C(=O)c3cc(Cl)ccn3)C2)n1. The summed E-state index contributed by atoms with van der Waals surface area (Å²) >= 11 is 6.20. The Labute approximate surface area is 250 Å². The largest absolute Gasteiger partial charge is 0.291 e. The molecule has 9 nitrogen and oxygen atoms in total. The molecule has 2 atom stereocenters. The number of aryl methyl sites for hydroxylation is 1. The predicted octanol–water partition coefficient (Wildman–Crippen LogP) is 5.11. The van der Waals surface area contributed by atoms with Crippen molar-refractivity contribution >= 4 is 33.5 Å². The highest BCUT2D eigenvalue weighted by molar-refractivity contribution is 7.89. The van der Waals surface area contributed by atoms with Gasteiger partial charge in [-0.05, 0) is 79.8 Å². The molecule has 0 N–H and O–H groups in total. The molecule has 0 spiro atoms. The van der Waals surface area contributed by atoms with Gasteiger partial charge in [0.15, 0.2) is 10.8 Å². The van der Waals surface area contributed by atoms with E-state index in [0.717, 1.165) is 4.31 Å². The topological polar surface area (TPSA) is 103 Å². The number of rotatable bonds is 8. The van der Waals surface area contributed by atoms with Crippen LogP contribution in [0.4, 0.5) is 13.2 Å². The lowest BCUT2D eigenvalue weighted by atomic mass is 9.60. The van der Waals surface area contributed by atoms with Crippen LogP contribution in [0.15, 0.2) is 71.7 Å². The maximum absolute atomic E-state index is 14.4. The Hall–Kier alpha value is -3.81. The van der Waals surface area contributed by atoms with Crippen LogP contribution in [0.3, 0.4) is 0 Å². The number of allylic oxidation sites excluding steroid dienone is 1. The second kappa shape index (κ2) is 11.0. The van der Waals surface area contributed by atoms with Crippen molar-refractivity contribution < 1.29 is 26.4 Å². The molecule has 0 radical (unpaired) electrons. The van der Waals surface area contributed by atoms with E-state index in [9.17, 15) is 26.4 Å². The molecule has 1 fully saturated rings. The molecule has 1 saturated carbocycles. The zero-order valence-electron chi connectivity index (χ0n) is 22.9. The summed E-state index contributed by atoms with van der Waals surface area (Å²) in [5.74, 6) is -0.785. The fourth-order valence-electron chi connectivity index (χ4n) is 6.12. The average molecular weight is 631 g/mol. The van der Waals surface area contributed by atoms with E-state index in [-0.39, 0.29) is 36.4 Å². The molecule has 0 unspecified atom stereocenters. The van der Waals surface area contributed by atoms with Crippen LogP contribution >= 0.6 is 11.6 Å². The Morgan fingerprint density at radius 1 is 1.21 bits per heavy atom. The summed E-state index contributed by atoms with van der Waals surface area (Å²) in [6.45, 7) is -1.05. The number of alkyl halides is 2. The second-order valence-electron chi connectivity index (χ2n) is 10.8. The van der Waals surface area contributed by atoms with Crippen molar-refractivity contribution in [1.29, 1.82) is 0 Å². The highest BCUT2D eigenvalue weighted by Crippen LogP contribution is 2.51. The van der Waals surface area contributed by atoms with Gasteiger partial charge in [-0.15, -0.1) is 0 Å². The number of fused-ring (bicyclic) bond motifs is 2. The normalized spacial score (nSPS) is 20.2. The number of hydrogen-bond donors (Lipinski definition) is 0. The van der Waals surface area contributed by atoms with Crippen LogP contribution in [-0.4, -0.2) is 62.1 Å². The first-order chi connectivity index (χ1) is 20.5. The molecule has 2 aliphatic carbocycles. The first-order valence-electron chi connectivity index (χ1n) is 13.5. The molecule has 1 aromatic carbocycles. The number of halogens is 4. The van der Waals surface area contributed by atoms with Crippen molar-refractivity contribution in [3.63, 3.8) is 0 Å². The van der Waals surface area contributed by atoms with Crippen molar-refractivity contribution in [2.45, 2.75) is 43.2 Å². The number of pyridine rings is 1. The summed E-state index contributed by atoms with van der Waals surface area (Å²) in [5.41, 5.74) is 1.50. The maximum atomic E-state index is 14.4. The van der Waals surface area contributed by atoms with Gasteiger partial charge in [0.2, 0.25) is 0 Å². The molecular formula is C29H26ClF3N6O3S. The Morgan fingerprint density at radius 3 is 2.65 bits per heavy atom. The molecular weight excluding hydrogens is 605 g/mol. The minimum absolute atomic E-state index is 0.0637. The Balaban J connectivity index is 1.45. The van der Waals surface area contributed by atoms with Gasteiger partial charge in [-0.1, -0.05) is 17.2 Å². The minimum Gasteiger partial charge on any atom is -0.291 e. The minimum atomic E-state index is -4.43. The highest BCUT2D eigenvalue weighted by Gasteiger charge is 2.52. The lowest BCUT2D eigenvalue weighted by Crippen LogP contribution is -2.51. The van der Waals surface area contributed by atoms with Crippen LogP contribution in [0.2, 0.25) is 5.02 Å². The molecule has 224 valence electrons. The number of sulfonamides is 1. The zero-order chi connectivity index (χ0) is 30.5. The van der Waals surface area contributed by atoms with Gasteiger partial charge in [-0.25, -0.2) is 26.3 Å². The summed E-state index contributed by atoms with van der Waals surface area (Å²) in [7, 11) is -2.89. The van der Waals surface area contributed by atoms with Gasteiger partial charge in [-0.3, -0.25) is 14.5 Å². The van der Waals surface area contributed by atoms with Gasteiger partial charge in [0, 0.05) is 30.5 Å². The van der Waals surface area contributed by atoms with Crippen LogP contribution < -0.4 is 0 Å². The maximum Gasteiger partial charge on any atom is 0.262 e. The number of aromatic nitrogens is 5. The number of carbonyl (C=O) groups is 1. The lowest BCUT2D eigenvalue weighted by molar-refractivity contribution is 0.0656. The van der Waals surface area contributed by atoms with E-state index in [4.69, 9.17) is 11.6 Å². The summed E-state index contributed by atoms with van der Waals surface area (Å²) in [6.07, 6.45) is 3.85. The summed E-state index contributed by atoms with van der Waals surface area (Å²) in [4.78, 5) is 18.6. The van der Waals surface area contributed by atoms with Gasteiger partial charge in [0.05, 0.1) is 29.5 Å². The molecule has 43 heavy (non-hydrogen) atoms. The fourth-order valence-corrected chi connectivity index (χ4v) is 7.87. The number of ketones is 1. The lowest BCUT2D eigenvalue weighted by Gasteiger charge is -2.46. The van der Waals surface area contributed by atoms with E-state index in [1.54, 1.807) is 23.0 Å². The second-order valence-corrected chi connectivity index (χ2v) is 13.0. The fraction of sp³-hybridized carbons (Fsp3) is 0.310. The summed E-state index contributed by atoms with van der Waals surface area (Å²) in [6, 6.07) is 9.12. The third kappa shape index (κ3) is 5.30. The van der Waals surface area contributed by atoms with E-state index in [2.05, 4.69) is 15.2 Å². The molecule has 0 bridgehead atoms. The van der Waals surface area contributed by atoms with Crippen molar-refractivity contribution in [3.8, 4) is 5.69 Å². The van der Waals surface area contributed by atoms with Gasteiger partial charge < -0.3 is 0 Å². The van der Waals surface area contributed by atoms with Crippen LogP contribution in [0.25, 0.3) is 11.8 Å². The first kappa shape index (κ1) is 29.3. The number of benzene rings is 1. The molecule has 0 amide bonds. The van der Waals surface area contributed by atoms with Crippen molar-refractivity contribution in [2.75, 3.05) is 6.54 Å². The third-order valence-corrected chi connectivity index (χ3v) is 10.1. The van der Waals surface area contributed by atoms with Gasteiger partial charge in [-0.2, -0.15) is 14.5 Å². The average Bonchev–Trinajstić information content (AvgIpc) is 3.60. The van der Waals surface area contributed by atoms with Gasteiger partial charge >= 0.3 is 0 Å². The van der Waals surface area contributed by atoms with Crippen molar-refractivity contribution in [1.82, 2.24) is 28.9 Å². The molecule has 0 saturated heterocycles. The van der Waals surface area contributed by atoms with E-state index >= 15 is 0 Å². The van der Waals surface area contributed by atoms with Crippen molar-refractivity contribution in [2.24, 2.45) is 12.5 Å². The van der Waals surface area contributed by atoms with E-state index < -0.39 is 46.1 Å². The quantitative estimate of drug-likeness (QED) is 0.251. The summed E-state index contributed by atoms with van der Waals surface area (Å²) in [5, 5.41) is 8.41. The van der Waals surface area contributed by atoms with Gasteiger partial charge in [0.25, 0.3) is 16.4 Å². The molecule has 4 aromatic rings. The summed E-state index contributed by atoms with van der Waals surface area (Å²) < 4.78 is 72.4. The number of nitrogens with zero attached hydrogens (tertiary/aromatic N) is 6. The monoisotopic (exact) mass is 630 g/mol. The number of Topliss-reactive ketones (excluding diaryl/α,β-unsaturated/α-hetero) is 1. The van der Waals surface area contributed by atoms with Gasteiger partial charge in [0.1, 0.15) is 11.5 Å². The number of hydrogen-bond acceptors (Lipinski definition) is 6. The zero-order valence-corrected chi connectivity index (χ0v) is 24.4. The van der Waals surface area contributed by atoms with E-state index in [0.29, 0.717) is 27.5 Å².